The van der Waals surface area contributed by atoms with Gasteiger partial charge in [-0.2, -0.15) is 0 Å². The van der Waals surface area contributed by atoms with Crippen LogP contribution in [0.5, 0.6) is 0 Å². The minimum Gasteiger partial charge on any atom is -0.347 e. The first-order valence-electron chi connectivity index (χ1n) is 7.66. The van der Waals surface area contributed by atoms with Crippen LogP contribution in [0.15, 0.2) is 35.2 Å². The van der Waals surface area contributed by atoms with E-state index in [1.165, 1.54) is 34.4 Å². The minimum absolute atomic E-state index is 0.193. The van der Waals surface area contributed by atoms with Crippen LogP contribution < -0.4 is 5.32 Å². The van der Waals surface area contributed by atoms with Crippen molar-refractivity contribution in [3.05, 3.63) is 51.2 Å². The van der Waals surface area contributed by atoms with Gasteiger partial charge in [0.05, 0.1) is 16.3 Å². The van der Waals surface area contributed by atoms with E-state index in [1.807, 2.05) is 0 Å². The Labute approximate surface area is 140 Å². The lowest BCUT2D eigenvalue weighted by Gasteiger charge is -2.08. The van der Waals surface area contributed by atoms with Crippen molar-refractivity contribution in [1.82, 2.24) is 5.32 Å². The van der Waals surface area contributed by atoms with Crippen LogP contribution in [0.3, 0.4) is 0 Å². The molecule has 4 nitrogen and oxygen atoms in total. The molecule has 0 fully saturated rings. The number of hydrogen-bond acceptors (Lipinski definition) is 4. The lowest BCUT2D eigenvalue weighted by molar-refractivity contribution is 0.0951. The average molecular weight is 348 g/mol. The summed E-state index contributed by atoms with van der Waals surface area (Å²) in [6.07, 6.45) is 6.18. The molecule has 1 aliphatic carbocycles. The number of thiophene rings is 1. The van der Waals surface area contributed by atoms with Gasteiger partial charge in [-0.3, -0.25) is 4.79 Å². The zero-order valence-electron chi connectivity index (χ0n) is 13.1. The third-order valence-corrected chi connectivity index (χ3v) is 6.41. The Kier molecular flexibility index (Phi) is 4.55. The Morgan fingerprint density at radius 2 is 2.09 bits per heavy atom. The first-order valence-corrected chi connectivity index (χ1v) is 10.4. The Morgan fingerprint density at radius 1 is 1.30 bits per heavy atom. The number of hydrogen-bond donors (Lipinski definition) is 2. The molecule has 3 rings (SSSR count). The van der Waals surface area contributed by atoms with Gasteiger partial charge in [-0.1, -0.05) is 6.07 Å². The van der Waals surface area contributed by atoms with Crippen molar-refractivity contribution in [2.24, 2.45) is 0 Å². The molecule has 1 atom stereocenters. The monoisotopic (exact) mass is 348 g/mol. The first kappa shape index (κ1) is 16.2. The standard InChI is InChI=1S/C17H20N2O2S2/c1-23(18,21)15-7-4-6-13(10-15)17(20)19-11-14-9-12-5-2-3-8-16(12)22-14/h4,6-7,9-10,18H,2-3,5,8,11H2,1H3,(H,19,20). The number of aryl methyl sites for hydroxylation is 2. The molecule has 1 aromatic carbocycles. The molecule has 1 aromatic heterocycles. The number of carbonyl (C=O) groups is 1. The van der Waals surface area contributed by atoms with Gasteiger partial charge in [0.15, 0.2) is 0 Å². The van der Waals surface area contributed by atoms with Crippen LogP contribution in [0.25, 0.3) is 0 Å². The summed E-state index contributed by atoms with van der Waals surface area (Å²) < 4.78 is 19.4. The molecular formula is C17H20N2O2S2. The van der Waals surface area contributed by atoms with Crippen molar-refractivity contribution in [3.8, 4) is 0 Å². The van der Waals surface area contributed by atoms with E-state index in [0.717, 1.165) is 12.8 Å². The van der Waals surface area contributed by atoms with Crippen molar-refractivity contribution in [2.45, 2.75) is 37.1 Å². The quantitative estimate of drug-likeness (QED) is 0.886. The van der Waals surface area contributed by atoms with Crippen molar-refractivity contribution < 1.29 is 9.00 Å². The van der Waals surface area contributed by atoms with Crippen LogP contribution in [0.1, 0.15) is 38.5 Å². The first-order chi connectivity index (χ1) is 10.9. The molecule has 2 aromatic rings. The maximum atomic E-state index is 12.3. The molecule has 0 saturated carbocycles. The molecule has 2 N–H and O–H groups in total. The molecule has 0 radical (unpaired) electrons. The van der Waals surface area contributed by atoms with Gasteiger partial charge in [0.2, 0.25) is 0 Å². The van der Waals surface area contributed by atoms with Gasteiger partial charge in [0, 0.05) is 26.5 Å². The Balaban J connectivity index is 1.69. The molecule has 0 spiro atoms. The van der Waals surface area contributed by atoms with Gasteiger partial charge in [-0.25, -0.2) is 8.99 Å². The van der Waals surface area contributed by atoms with E-state index < -0.39 is 9.73 Å². The topological polar surface area (TPSA) is 70.0 Å². The third kappa shape index (κ3) is 3.82. The summed E-state index contributed by atoms with van der Waals surface area (Å²) >= 11 is 1.79. The summed E-state index contributed by atoms with van der Waals surface area (Å²) in [7, 11) is -2.81. The third-order valence-electron chi connectivity index (χ3n) is 4.02. The molecule has 122 valence electrons. The lowest BCUT2D eigenvalue weighted by atomic mass is 9.99. The Hall–Kier alpha value is -1.66. The Morgan fingerprint density at radius 3 is 2.83 bits per heavy atom. The maximum Gasteiger partial charge on any atom is 0.251 e. The largest absolute Gasteiger partial charge is 0.347 e. The van der Waals surface area contributed by atoms with Crippen LogP contribution >= 0.6 is 11.3 Å². The van der Waals surface area contributed by atoms with E-state index in [4.69, 9.17) is 4.78 Å². The number of fused-ring (bicyclic) bond motifs is 1. The maximum absolute atomic E-state index is 12.3. The molecule has 0 bridgehead atoms. The number of amides is 1. The highest BCUT2D eigenvalue weighted by molar-refractivity contribution is 7.91. The van der Waals surface area contributed by atoms with Crippen molar-refractivity contribution in [1.29, 1.82) is 4.78 Å². The fourth-order valence-corrected chi connectivity index (χ4v) is 4.68. The highest BCUT2D eigenvalue weighted by atomic mass is 32.2. The van der Waals surface area contributed by atoms with E-state index in [1.54, 1.807) is 35.6 Å². The number of carbonyl (C=O) groups excluding carboxylic acids is 1. The van der Waals surface area contributed by atoms with Gasteiger partial charge in [-0.05, 0) is 55.5 Å². The SMILES string of the molecule is CS(=N)(=O)c1cccc(C(=O)NCc2cc3c(s2)CCCC3)c1. The van der Waals surface area contributed by atoms with E-state index in [9.17, 15) is 9.00 Å². The zero-order valence-corrected chi connectivity index (χ0v) is 14.7. The van der Waals surface area contributed by atoms with Gasteiger partial charge < -0.3 is 5.32 Å². The van der Waals surface area contributed by atoms with Crippen LogP contribution in [0.4, 0.5) is 0 Å². The average Bonchev–Trinajstić information content (AvgIpc) is 2.95. The number of rotatable bonds is 4. The molecule has 1 heterocycles. The van der Waals surface area contributed by atoms with E-state index >= 15 is 0 Å². The van der Waals surface area contributed by atoms with E-state index in [-0.39, 0.29) is 5.91 Å². The summed E-state index contributed by atoms with van der Waals surface area (Å²) in [4.78, 5) is 15.3. The van der Waals surface area contributed by atoms with Gasteiger partial charge in [0.25, 0.3) is 5.91 Å². The molecule has 0 saturated heterocycles. The summed E-state index contributed by atoms with van der Waals surface area (Å²) in [6, 6.07) is 8.73. The molecule has 23 heavy (non-hydrogen) atoms. The predicted octanol–water partition coefficient (Wildman–Crippen LogP) is 3.59. The second-order valence-corrected chi connectivity index (χ2v) is 9.30. The van der Waals surface area contributed by atoms with Gasteiger partial charge in [-0.15, -0.1) is 11.3 Å². The fourth-order valence-electron chi connectivity index (χ4n) is 2.79. The second kappa shape index (κ2) is 6.45. The molecule has 6 heteroatoms. The van der Waals surface area contributed by atoms with Crippen molar-refractivity contribution in [3.63, 3.8) is 0 Å². The fraction of sp³-hybridized carbons (Fsp3) is 0.353. The van der Waals surface area contributed by atoms with E-state index in [2.05, 4.69) is 11.4 Å². The molecular weight excluding hydrogens is 328 g/mol. The summed E-state index contributed by atoms with van der Waals surface area (Å²) in [5.74, 6) is -0.193. The highest BCUT2D eigenvalue weighted by Gasteiger charge is 2.14. The molecule has 1 unspecified atom stereocenters. The highest BCUT2D eigenvalue weighted by Crippen LogP contribution is 2.29. The zero-order chi connectivity index (χ0) is 16.4. The second-order valence-electron chi connectivity index (χ2n) is 5.92. The molecule has 1 amide bonds. The van der Waals surface area contributed by atoms with Crippen molar-refractivity contribution in [2.75, 3.05) is 6.26 Å². The van der Waals surface area contributed by atoms with Gasteiger partial charge >= 0.3 is 0 Å². The van der Waals surface area contributed by atoms with Crippen molar-refractivity contribution >= 4 is 27.0 Å². The van der Waals surface area contributed by atoms with Crippen LogP contribution in [0.2, 0.25) is 0 Å². The minimum atomic E-state index is -2.81. The summed E-state index contributed by atoms with van der Waals surface area (Å²) in [5, 5.41) is 2.92. The van der Waals surface area contributed by atoms with E-state index in [0.29, 0.717) is 17.0 Å². The summed E-state index contributed by atoms with van der Waals surface area (Å²) in [5.41, 5.74) is 1.89. The predicted molar refractivity (Wildman–Crippen MR) is 93.6 cm³/mol. The molecule has 0 aliphatic heterocycles. The number of nitrogens with one attached hydrogen (secondary N) is 2. The molecule has 1 aliphatic rings. The summed E-state index contributed by atoms with van der Waals surface area (Å²) in [6.45, 7) is 0.517. The number of benzene rings is 1. The normalized spacial score (nSPS) is 16.4. The van der Waals surface area contributed by atoms with Crippen LogP contribution in [-0.2, 0) is 29.1 Å². The van der Waals surface area contributed by atoms with Crippen LogP contribution in [-0.4, -0.2) is 16.4 Å². The smallest absolute Gasteiger partial charge is 0.251 e. The lowest BCUT2D eigenvalue weighted by Crippen LogP contribution is -2.22. The Bertz CT molecular complexity index is 815. The van der Waals surface area contributed by atoms with Crippen LogP contribution in [0, 0.1) is 4.78 Å². The van der Waals surface area contributed by atoms with Gasteiger partial charge in [0.1, 0.15) is 0 Å².